The van der Waals surface area contributed by atoms with Gasteiger partial charge in [0.15, 0.2) is 0 Å². The van der Waals surface area contributed by atoms with Crippen molar-refractivity contribution in [1.29, 1.82) is 0 Å². The van der Waals surface area contributed by atoms with Gasteiger partial charge in [-0.3, -0.25) is 19.2 Å². The Morgan fingerprint density at radius 2 is 1.92 bits per heavy atom. The second-order valence-corrected chi connectivity index (χ2v) is 8.34. The van der Waals surface area contributed by atoms with Gasteiger partial charge in [0.2, 0.25) is 17.8 Å². The van der Waals surface area contributed by atoms with Crippen molar-refractivity contribution in [3.8, 4) is 5.75 Å². The van der Waals surface area contributed by atoms with E-state index in [-0.39, 0.29) is 5.56 Å². The molecule has 8 N–H and O–H groups in total. The fraction of sp³-hybridized carbons (Fsp3) is 0.269. The lowest BCUT2D eigenvalue weighted by Gasteiger charge is -2.17. The molecular weight excluding hydrogens is 506 g/mol. The highest BCUT2D eigenvalue weighted by Gasteiger charge is 2.24. The van der Waals surface area contributed by atoms with Gasteiger partial charge in [-0.05, 0) is 61.5 Å². The Balaban J connectivity index is 1.53. The average molecular weight is 538 g/mol. The van der Waals surface area contributed by atoms with Crippen LogP contribution in [-0.4, -0.2) is 67.0 Å². The molecule has 0 aromatic heterocycles. The average Bonchev–Trinajstić information content (AvgIpc) is 2.93. The summed E-state index contributed by atoms with van der Waals surface area (Å²) < 4.78 is 5.50. The highest BCUT2D eigenvalue weighted by molar-refractivity contribution is 6.01. The van der Waals surface area contributed by atoms with Crippen LogP contribution < -0.4 is 37.1 Å². The van der Waals surface area contributed by atoms with Crippen LogP contribution in [0, 0.1) is 0 Å². The zero-order valence-electron chi connectivity index (χ0n) is 21.1. The molecule has 1 atom stereocenters. The molecule has 13 heteroatoms. The number of carbonyl (C=O) groups is 4. The standard InChI is InChI=1S/C26H31N7O6/c27-10-2-13-39-20-8-6-18(7-9-20)31-25(38)21(15-23(35)36)33-22(34)16-30-24(37)17-4-1-5-19(14-17)32-26-28-11-3-12-29-26/h1,3-9,11,14,21H,2,10,12-13,15-16,27H2,(H,30,37)(H,31,38)(H,33,34)(H,35,36)(H2,28,29,32). The van der Waals surface area contributed by atoms with Crippen LogP contribution in [0.4, 0.5) is 11.4 Å². The fourth-order valence-electron chi connectivity index (χ4n) is 3.35. The molecule has 39 heavy (non-hydrogen) atoms. The van der Waals surface area contributed by atoms with Gasteiger partial charge < -0.3 is 42.2 Å². The summed E-state index contributed by atoms with van der Waals surface area (Å²) in [5.74, 6) is -2.15. The first-order valence-electron chi connectivity index (χ1n) is 12.2. The molecule has 2 aromatic carbocycles. The van der Waals surface area contributed by atoms with Gasteiger partial charge in [0.1, 0.15) is 11.8 Å². The molecule has 0 fully saturated rings. The van der Waals surface area contributed by atoms with Crippen LogP contribution in [0.1, 0.15) is 23.2 Å². The maximum Gasteiger partial charge on any atom is 0.305 e. The van der Waals surface area contributed by atoms with E-state index in [0.29, 0.717) is 49.2 Å². The van der Waals surface area contributed by atoms with Crippen molar-refractivity contribution in [3.63, 3.8) is 0 Å². The number of guanidine groups is 1. The summed E-state index contributed by atoms with van der Waals surface area (Å²) in [7, 11) is 0. The summed E-state index contributed by atoms with van der Waals surface area (Å²) in [6, 6.07) is 11.6. The van der Waals surface area contributed by atoms with Crippen molar-refractivity contribution in [2.75, 3.05) is 31.6 Å². The number of anilines is 1. The van der Waals surface area contributed by atoms with Crippen LogP contribution >= 0.6 is 0 Å². The Kier molecular flexibility index (Phi) is 10.8. The Hall–Kier alpha value is -4.91. The predicted octanol–water partition coefficient (Wildman–Crippen LogP) is 0.436. The third-order valence-corrected chi connectivity index (χ3v) is 5.25. The molecule has 3 rings (SSSR count). The number of carboxylic acids is 1. The molecule has 0 radical (unpaired) electrons. The number of carbonyl (C=O) groups excluding carboxylic acids is 3. The Labute approximate surface area is 224 Å². The Morgan fingerprint density at radius 1 is 1.13 bits per heavy atom. The number of benzene rings is 2. The maximum absolute atomic E-state index is 12.7. The number of nitrogens with one attached hydrogen (secondary N) is 5. The lowest BCUT2D eigenvalue weighted by molar-refractivity contribution is -0.139. The highest BCUT2D eigenvalue weighted by Crippen LogP contribution is 2.17. The minimum atomic E-state index is -1.36. The van der Waals surface area contributed by atoms with Crippen LogP contribution in [0.15, 0.2) is 65.8 Å². The second-order valence-electron chi connectivity index (χ2n) is 8.34. The number of aliphatic imine (C=N–C) groups is 1. The fourth-order valence-corrected chi connectivity index (χ4v) is 3.35. The highest BCUT2D eigenvalue weighted by atomic mass is 16.5. The zero-order valence-corrected chi connectivity index (χ0v) is 21.1. The molecule has 0 spiro atoms. The van der Waals surface area contributed by atoms with Gasteiger partial charge >= 0.3 is 5.97 Å². The summed E-state index contributed by atoms with van der Waals surface area (Å²) in [4.78, 5) is 53.4. The molecule has 0 saturated heterocycles. The number of nitrogens with zero attached hydrogens (tertiary/aromatic N) is 1. The van der Waals surface area contributed by atoms with E-state index in [1.807, 2.05) is 6.08 Å². The molecule has 206 valence electrons. The Morgan fingerprint density at radius 3 is 2.62 bits per heavy atom. The minimum absolute atomic E-state index is 0.270. The number of ether oxygens (including phenoxy) is 1. The van der Waals surface area contributed by atoms with Gasteiger partial charge in [-0.1, -0.05) is 6.07 Å². The number of hydrogen-bond donors (Lipinski definition) is 7. The third-order valence-electron chi connectivity index (χ3n) is 5.25. The van der Waals surface area contributed by atoms with Crippen LogP contribution in [0.3, 0.4) is 0 Å². The van der Waals surface area contributed by atoms with Crippen molar-refractivity contribution in [1.82, 2.24) is 21.3 Å². The minimum Gasteiger partial charge on any atom is -0.494 e. The van der Waals surface area contributed by atoms with Gasteiger partial charge in [-0.15, -0.1) is 0 Å². The third kappa shape index (κ3) is 9.81. The van der Waals surface area contributed by atoms with Crippen LogP contribution in [-0.2, 0) is 14.4 Å². The van der Waals surface area contributed by atoms with Gasteiger partial charge in [-0.2, -0.15) is 0 Å². The quantitative estimate of drug-likeness (QED) is 0.177. The molecule has 1 aliphatic heterocycles. The van der Waals surface area contributed by atoms with Crippen LogP contribution in [0.25, 0.3) is 0 Å². The normalized spacial score (nSPS) is 13.9. The molecule has 0 aliphatic carbocycles. The van der Waals surface area contributed by atoms with Crippen molar-refractivity contribution >= 4 is 41.0 Å². The predicted molar refractivity (Wildman–Crippen MR) is 145 cm³/mol. The molecule has 1 unspecified atom stereocenters. The number of rotatable bonds is 13. The molecule has 1 heterocycles. The number of aliphatic carboxylic acids is 1. The first-order chi connectivity index (χ1) is 18.8. The molecule has 13 nitrogen and oxygen atoms in total. The van der Waals surface area contributed by atoms with Crippen molar-refractivity contribution in [2.24, 2.45) is 10.7 Å². The Bertz CT molecular complexity index is 1230. The molecule has 2 aromatic rings. The summed E-state index contributed by atoms with van der Waals surface area (Å²) in [5, 5.41) is 22.6. The number of carboxylic acid groups (broad SMARTS) is 1. The van der Waals surface area contributed by atoms with E-state index < -0.39 is 42.7 Å². The lowest BCUT2D eigenvalue weighted by atomic mass is 10.1. The lowest BCUT2D eigenvalue weighted by Crippen LogP contribution is -2.48. The number of amides is 3. The van der Waals surface area contributed by atoms with Gasteiger partial charge in [-0.25, -0.2) is 4.99 Å². The topological polar surface area (TPSA) is 196 Å². The van der Waals surface area contributed by atoms with E-state index in [1.54, 1.807) is 54.7 Å². The van der Waals surface area contributed by atoms with Crippen molar-refractivity contribution < 1.29 is 29.0 Å². The van der Waals surface area contributed by atoms with Crippen LogP contribution in [0.2, 0.25) is 0 Å². The van der Waals surface area contributed by atoms with Crippen molar-refractivity contribution in [2.45, 2.75) is 18.9 Å². The summed E-state index contributed by atoms with van der Waals surface area (Å²) >= 11 is 0. The molecule has 0 saturated carbocycles. The van der Waals surface area contributed by atoms with Crippen molar-refractivity contribution in [3.05, 3.63) is 66.4 Å². The zero-order chi connectivity index (χ0) is 28.0. The van der Waals surface area contributed by atoms with Crippen LogP contribution in [0.5, 0.6) is 5.75 Å². The molecular formula is C26H31N7O6. The van der Waals surface area contributed by atoms with E-state index in [1.165, 1.54) is 0 Å². The van der Waals surface area contributed by atoms with E-state index in [9.17, 15) is 24.3 Å². The maximum atomic E-state index is 12.7. The first kappa shape index (κ1) is 28.7. The number of hydrogen-bond acceptors (Lipinski definition) is 7. The van der Waals surface area contributed by atoms with E-state index in [4.69, 9.17) is 10.5 Å². The largest absolute Gasteiger partial charge is 0.494 e. The summed E-state index contributed by atoms with van der Waals surface area (Å²) in [5.41, 5.74) is 6.61. The van der Waals surface area contributed by atoms with Gasteiger partial charge in [0.05, 0.1) is 25.3 Å². The van der Waals surface area contributed by atoms with E-state index in [2.05, 4.69) is 31.6 Å². The van der Waals surface area contributed by atoms with Gasteiger partial charge in [0, 0.05) is 24.0 Å². The van der Waals surface area contributed by atoms with Gasteiger partial charge in [0.25, 0.3) is 5.91 Å². The first-order valence-corrected chi connectivity index (χ1v) is 12.2. The summed E-state index contributed by atoms with van der Waals surface area (Å²) in [6.07, 6.45) is 3.69. The molecule has 3 amide bonds. The summed E-state index contributed by atoms with van der Waals surface area (Å²) in [6.45, 7) is 1.12. The van der Waals surface area contributed by atoms with E-state index in [0.717, 1.165) is 0 Å². The molecule has 1 aliphatic rings. The molecule has 0 bridgehead atoms. The van der Waals surface area contributed by atoms with E-state index >= 15 is 0 Å². The smallest absolute Gasteiger partial charge is 0.305 e. The monoisotopic (exact) mass is 537 g/mol. The SMILES string of the molecule is NCCCOc1ccc(NC(=O)C(CC(=O)O)NC(=O)CNC(=O)c2cccc(N=C3NC=CCN3)c2)cc1. The number of nitrogens with two attached hydrogens (primary N) is 1. The second kappa shape index (κ2) is 14.7.